The summed E-state index contributed by atoms with van der Waals surface area (Å²) in [4.78, 5) is 28.1. The molecule has 7 nitrogen and oxygen atoms in total. The van der Waals surface area contributed by atoms with Crippen molar-refractivity contribution in [1.82, 2.24) is 0 Å². The second-order valence-electron chi connectivity index (χ2n) is 7.08. The highest BCUT2D eigenvalue weighted by Crippen LogP contribution is 2.38. The normalized spacial score (nSPS) is 13.4. The predicted molar refractivity (Wildman–Crippen MR) is 127 cm³/mol. The lowest BCUT2D eigenvalue weighted by Crippen LogP contribution is -2.32. The molecule has 0 aliphatic carbocycles. The number of amides is 2. The molecule has 0 atom stereocenters. The Labute approximate surface area is 196 Å². The summed E-state index contributed by atoms with van der Waals surface area (Å²) in [6.45, 7) is 0. The first kappa shape index (κ1) is 22.2. The third-order valence-electron chi connectivity index (χ3n) is 5.19. The molecule has 3 aromatic carbocycles. The van der Waals surface area contributed by atoms with Crippen molar-refractivity contribution >= 4 is 40.4 Å². The molecule has 1 aliphatic heterocycles. The number of nitrogens with one attached hydrogen (secondary N) is 1. The summed E-state index contributed by atoms with van der Waals surface area (Å²) in [6, 6.07) is 18.8. The van der Waals surface area contributed by atoms with E-state index >= 15 is 0 Å². The zero-order valence-corrected chi connectivity index (χ0v) is 19.0. The molecule has 0 radical (unpaired) electrons. The second kappa shape index (κ2) is 9.26. The van der Waals surface area contributed by atoms with E-state index in [1.165, 1.54) is 21.3 Å². The van der Waals surface area contributed by atoms with Crippen LogP contribution in [0.2, 0.25) is 5.02 Å². The Bertz CT molecular complexity index is 1260. The number of halogens is 1. The van der Waals surface area contributed by atoms with Gasteiger partial charge < -0.3 is 19.5 Å². The van der Waals surface area contributed by atoms with Crippen molar-refractivity contribution in [3.8, 4) is 17.2 Å². The highest BCUT2D eigenvalue weighted by Gasteiger charge is 2.40. The Balaban J connectivity index is 1.84. The zero-order chi connectivity index (χ0) is 23.5. The molecule has 1 heterocycles. The van der Waals surface area contributed by atoms with E-state index in [1.54, 1.807) is 60.7 Å². The van der Waals surface area contributed by atoms with Gasteiger partial charge in [0.25, 0.3) is 11.8 Å². The monoisotopic (exact) mass is 464 g/mol. The average molecular weight is 465 g/mol. The summed E-state index contributed by atoms with van der Waals surface area (Å²) in [6.07, 6.45) is 0. The Kier molecular flexibility index (Phi) is 6.24. The van der Waals surface area contributed by atoms with Gasteiger partial charge in [-0.1, -0.05) is 35.9 Å². The van der Waals surface area contributed by atoms with Crippen molar-refractivity contribution in [2.45, 2.75) is 0 Å². The Hall–Kier alpha value is -3.97. The van der Waals surface area contributed by atoms with Crippen LogP contribution < -0.4 is 24.4 Å². The minimum Gasteiger partial charge on any atom is -0.495 e. The number of benzene rings is 3. The number of carbonyl (C=O) groups excluding carboxylic acids is 2. The van der Waals surface area contributed by atoms with E-state index in [-0.39, 0.29) is 11.3 Å². The first-order chi connectivity index (χ1) is 16.0. The van der Waals surface area contributed by atoms with Gasteiger partial charge in [0.15, 0.2) is 11.5 Å². The molecule has 1 N–H and O–H groups in total. The van der Waals surface area contributed by atoms with E-state index < -0.39 is 11.8 Å². The minimum atomic E-state index is -0.483. The van der Waals surface area contributed by atoms with Crippen molar-refractivity contribution < 1.29 is 23.8 Å². The van der Waals surface area contributed by atoms with Crippen LogP contribution in [0.1, 0.15) is 5.56 Å². The number of nitrogens with zero attached hydrogens (tertiary/aromatic N) is 1. The third-order valence-corrected chi connectivity index (χ3v) is 5.49. The lowest BCUT2D eigenvalue weighted by Gasteiger charge is -2.15. The van der Waals surface area contributed by atoms with Crippen LogP contribution in [0.3, 0.4) is 0 Å². The fourth-order valence-electron chi connectivity index (χ4n) is 3.61. The highest BCUT2D eigenvalue weighted by molar-refractivity contribution is 6.46. The molecular formula is C25H21ClN2O5. The Morgan fingerprint density at radius 1 is 0.758 bits per heavy atom. The molecule has 4 rings (SSSR count). The van der Waals surface area contributed by atoms with Crippen LogP contribution in [0.5, 0.6) is 17.2 Å². The van der Waals surface area contributed by atoms with Gasteiger partial charge in [-0.2, -0.15) is 0 Å². The lowest BCUT2D eigenvalue weighted by atomic mass is 10.0. The van der Waals surface area contributed by atoms with Gasteiger partial charge in [-0.3, -0.25) is 9.59 Å². The average Bonchev–Trinajstić information content (AvgIpc) is 3.08. The molecule has 8 heteroatoms. The van der Waals surface area contributed by atoms with E-state index in [4.69, 9.17) is 25.8 Å². The largest absolute Gasteiger partial charge is 0.495 e. The van der Waals surface area contributed by atoms with Gasteiger partial charge in [-0.05, 0) is 48.0 Å². The van der Waals surface area contributed by atoms with Crippen molar-refractivity contribution in [3.05, 3.63) is 83.0 Å². The van der Waals surface area contributed by atoms with Crippen LogP contribution >= 0.6 is 11.6 Å². The number of methoxy groups -OCH3 is 3. The van der Waals surface area contributed by atoms with Crippen LogP contribution in [0.4, 0.5) is 11.4 Å². The van der Waals surface area contributed by atoms with Crippen LogP contribution in [0, 0.1) is 0 Å². The van der Waals surface area contributed by atoms with Gasteiger partial charge in [0.2, 0.25) is 0 Å². The topological polar surface area (TPSA) is 77.1 Å². The third kappa shape index (κ3) is 4.10. The molecule has 0 fully saturated rings. The number of rotatable bonds is 7. The maximum atomic E-state index is 13.5. The number of hydrogen-bond acceptors (Lipinski definition) is 6. The number of ether oxygens (including phenoxy) is 3. The zero-order valence-electron chi connectivity index (χ0n) is 18.2. The molecule has 1 aliphatic rings. The summed E-state index contributed by atoms with van der Waals surface area (Å²) in [7, 11) is 4.55. The number of carbonyl (C=O) groups is 2. The number of hydrogen-bond donors (Lipinski definition) is 1. The fourth-order valence-corrected chi connectivity index (χ4v) is 3.86. The highest BCUT2D eigenvalue weighted by atomic mass is 35.5. The molecule has 0 saturated heterocycles. The molecule has 0 bridgehead atoms. The molecule has 33 heavy (non-hydrogen) atoms. The van der Waals surface area contributed by atoms with Crippen LogP contribution in [-0.4, -0.2) is 33.1 Å². The molecule has 3 aromatic rings. The standard InChI is InChI=1S/C25H21ClN2O5/c1-31-19-12-10-16(14-18(19)26)27-23-22(15-9-11-20(32-2)21(13-15)33-3)24(29)28(25(23)30)17-7-5-4-6-8-17/h4-14,27H,1-3H3. The lowest BCUT2D eigenvalue weighted by molar-refractivity contribution is -0.120. The maximum absolute atomic E-state index is 13.5. The summed E-state index contributed by atoms with van der Waals surface area (Å²) in [5.41, 5.74) is 1.83. The number of anilines is 2. The van der Waals surface area contributed by atoms with Gasteiger partial charge in [-0.15, -0.1) is 0 Å². The van der Waals surface area contributed by atoms with Crippen molar-refractivity contribution in [1.29, 1.82) is 0 Å². The first-order valence-corrected chi connectivity index (χ1v) is 10.4. The Morgan fingerprint density at radius 2 is 1.42 bits per heavy atom. The molecule has 168 valence electrons. The van der Waals surface area contributed by atoms with Crippen LogP contribution in [0.15, 0.2) is 72.4 Å². The maximum Gasteiger partial charge on any atom is 0.282 e. The van der Waals surface area contributed by atoms with E-state index in [1.807, 2.05) is 6.07 Å². The fraction of sp³-hybridized carbons (Fsp3) is 0.120. The molecule has 0 saturated carbocycles. The van der Waals surface area contributed by atoms with Gasteiger partial charge in [0, 0.05) is 5.69 Å². The molecule has 0 aromatic heterocycles. The predicted octanol–water partition coefficient (Wildman–Crippen LogP) is 4.76. The van der Waals surface area contributed by atoms with Gasteiger partial charge in [-0.25, -0.2) is 4.90 Å². The van der Waals surface area contributed by atoms with Gasteiger partial charge in [0.05, 0.1) is 37.6 Å². The molecule has 0 unspecified atom stereocenters. The summed E-state index contributed by atoms with van der Waals surface area (Å²) in [5.74, 6) is 0.502. The van der Waals surface area contributed by atoms with Crippen molar-refractivity contribution in [2.75, 3.05) is 31.5 Å². The van der Waals surface area contributed by atoms with Crippen molar-refractivity contribution in [3.63, 3.8) is 0 Å². The van der Waals surface area contributed by atoms with E-state index in [9.17, 15) is 9.59 Å². The minimum absolute atomic E-state index is 0.123. The van der Waals surface area contributed by atoms with Crippen LogP contribution in [-0.2, 0) is 9.59 Å². The summed E-state index contributed by atoms with van der Waals surface area (Å²) < 4.78 is 15.9. The van der Waals surface area contributed by atoms with Gasteiger partial charge >= 0.3 is 0 Å². The van der Waals surface area contributed by atoms with E-state index in [0.717, 1.165) is 4.90 Å². The summed E-state index contributed by atoms with van der Waals surface area (Å²) >= 11 is 6.26. The second-order valence-corrected chi connectivity index (χ2v) is 7.48. The Morgan fingerprint density at radius 3 is 2.06 bits per heavy atom. The SMILES string of the molecule is COc1ccc(NC2=C(c3ccc(OC)c(OC)c3)C(=O)N(c3ccccc3)C2=O)cc1Cl. The summed E-state index contributed by atoms with van der Waals surface area (Å²) in [5, 5.41) is 3.45. The van der Waals surface area contributed by atoms with E-state index in [0.29, 0.717) is 39.2 Å². The first-order valence-electron chi connectivity index (χ1n) is 9.99. The van der Waals surface area contributed by atoms with Crippen molar-refractivity contribution in [2.24, 2.45) is 0 Å². The smallest absolute Gasteiger partial charge is 0.282 e. The van der Waals surface area contributed by atoms with E-state index in [2.05, 4.69) is 5.32 Å². The molecule has 0 spiro atoms. The van der Waals surface area contributed by atoms with Gasteiger partial charge in [0.1, 0.15) is 11.4 Å². The number of para-hydroxylation sites is 1. The molecular weight excluding hydrogens is 444 g/mol. The number of imide groups is 1. The molecule has 2 amide bonds. The quantitative estimate of drug-likeness (QED) is 0.508. The van der Waals surface area contributed by atoms with Crippen LogP contribution in [0.25, 0.3) is 5.57 Å².